The first kappa shape index (κ1) is 15.4. The zero-order chi connectivity index (χ0) is 14.4. The maximum atomic E-state index is 11.0. The van der Waals surface area contributed by atoms with Crippen LogP contribution >= 0.6 is 15.9 Å². The molecule has 0 unspecified atom stereocenters. The van der Waals surface area contributed by atoms with Crippen molar-refractivity contribution in [1.82, 2.24) is 10.2 Å². The zero-order valence-electron chi connectivity index (χ0n) is 11.5. The van der Waals surface area contributed by atoms with Crippen molar-refractivity contribution in [1.29, 1.82) is 0 Å². The van der Waals surface area contributed by atoms with Gasteiger partial charge in [0.25, 0.3) is 5.69 Å². The van der Waals surface area contributed by atoms with Crippen LogP contribution in [0.2, 0.25) is 0 Å². The number of nitro benzene ring substituents is 1. The van der Waals surface area contributed by atoms with Crippen molar-refractivity contribution in [3.05, 3.63) is 38.3 Å². The predicted octanol–water partition coefficient (Wildman–Crippen LogP) is 2.93. The first-order valence-electron chi connectivity index (χ1n) is 7.03. The Morgan fingerprint density at radius 3 is 2.80 bits per heavy atom. The number of likely N-dealkylation sites (tertiary alicyclic amines) is 1. The number of hydrogen-bond acceptors (Lipinski definition) is 4. The Hall–Kier alpha value is -0.980. The summed E-state index contributed by atoms with van der Waals surface area (Å²) in [6.07, 6.45) is 3.72. The summed E-state index contributed by atoms with van der Waals surface area (Å²) in [5, 5.41) is 14.3. The standard InChI is InChI=1S/C14H20BrN3O2/c15-13-5-4-12(14(10-13)18(19)20)11-16-6-3-9-17-7-1-2-8-17/h4-5,10,16H,1-3,6-9,11H2. The van der Waals surface area contributed by atoms with Crippen LogP contribution in [0.1, 0.15) is 24.8 Å². The van der Waals surface area contributed by atoms with Crippen LogP contribution in [-0.2, 0) is 6.54 Å². The Morgan fingerprint density at radius 1 is 1.35 bits per heavy atom. The van der Waals surface area contributed by atoms with E-state index >= 15 is 0 Å². The van der Waals surface area contributed by atoms with Crippen molar-refractivity contribution in [2.24, 2.45) is 0 Å². The third kappa shape index (κ3) is 4.54. The second-order valence-electron chi connectivity index (χ2n) is 5.11. The molecule has 1 fully saturated rings. The van der Waals surface area contributed by atoms with Crippen LogP contribution in [0.15, 0.2) is 22.7 Å². The van der Waals surface area contributed by atoms with Gasteiger partial charge in [0, 0.05) is 22.6 Å². The minimum absolute atomic E-state index is 0.173. The molecular weight excluding hydrogens is 322 g/mol. The average molecular weight is 342 g/mol. The van der Waals surface area contributed by atoms with Crippen LogP contribution in [0.3, 0.4) is 0 Å². The highest BCUT2D eigenvalue weighted by atomic mass is 79.9. The quantitative estimate of drug-likeness (QED) is 0.470. The van der Waals surface area contributed by atoms with Crippen LogP contribution in [-0.4, -0.2) is 36.0 Å². The fourth-order valence-electron chi connectivity index (χ4n) is 2.51. The molecule has 0 radical (unpaired) electrons. The molecule has 6 heteroatoms. The molecule has 5 nitrogen and oxygen atoms in total. The number of nitro groups is 1. The molecule has 1 saturated heterocycles. The third-order valence-electron chi connectivity index (χ3n) is 3.59. The lowest BCUT2D eigenvalue weighted by Crippen LogP contribution is -2.24. The molecule has 20 heavy (non-hydrogen) atoms. The van der Waals surface area contributed by atoms with Crippen LogP contribution in [0.5, 0.6) is 0 Å². The average Bonchev–Trinajstić information content (AvgIpc) is 2.92. The number of nitrogens with one attached hydrogen (secondary N) is 1. The normalized spacial score (nSPS) is 15.7. The van der Waals surface area contributed by atoms with E-state index in [4.69, 9.17) is 0 Å². The SMILES string of the molecule is O=[N+]([O-])c1cc(Br)ccc1CNCCCN1CCCC1. The maximum Gasteiger partial charge on any atom is 0.275 e. The van der Waals surface area contributed by atoms with E-state index < -0.39 is 0 Å². The first-order valence-corrected chi connectivity index (χ1v) is 7.82. The van der Waals surface area contributed by atoms with E-state index in [2.05, 4.69) is 26.1 Å². The topological polar surface area (TPSA) is 58.4 Å². The Kier molecular flexibility index (Phi) is 5.94. The van der Waals surface area contributed by atoms with Crippen molar-refractivity contribution in [2.45, 2.75) is 25.8 Å². The molecule has 1 aliphatic rings. The van der Waals surface area contributed by atoms with Gasteiger partial charge in [-0.25, -0.2) is 0 Å². The zero-order valence-corrected chi connectivity index (χ0v) is 13.1. The van der Waals surface area contributed by atoms with Gasteiger partial charge in [0.1, 0.15) is 0 Å². The number of benzene rings is 1. The van der Waals surface area contributed by atoms with E-state index in [0.717, 1.165) is 29.5 Å². The van der Waals surface area contributed by atoms with Crippen molar-refractivity contribution < 1.29 is 4.92 Å². The second kappa shape index (κ2) is 7.71. The summed E-state index contributed by atoms with van der Waals surface area (Å²) in [7, 11) is 0. The van der Waals surface area contributed by atoms with Crippen LogP contribution < -0.4 is 5.32 Å². The van der Waals surface area contributed by atoms with E-state index in [-0.39, 0.29) is 10.6 Å². The van der Waals surface area contributed by atoms with E-state index in [1.54, 1.807) is 12.1 Å². The summed E-state index contributed by atoms with van der Waals surface area (Å²) in [4.78, 5) is 13.1. The Balaban J connectivity index is 1.74. The number of rotatable bonds is 7. The summed E-state index contributed by atoms with van der Waals surface area (Å²) in [6.45, 7) is 5.00. The number of halogens is 1. The summed E-state index contributed by atoms with van der Waals surface area (Å²) in [5.74, 6) is 0. The molecule has 0 atom stereocenters. The lowest BCUT2D eigenvalue weighted by atomic mass is 10.2. The first-order chi connectivity index (χ1) is 9.66. The van der Waals surface area contributed by atoms with Gasteiger partial charge in [0.2, 0.25) is 0 Å². The molecule has 2 rings (SSSR count). The van der Waals surface area contributed by atoms with E-state index in [1.807, 2.05) is 6.07 Å². The molecule has 1 aromatic rings. The summed E-state index contributed by atoms with van der Waals surface area (Å²) in [5.41, 5.74) is 0.908. The summed E-state index contributed by atoms with van der Waals surface area (Å²) >= 11 is 3.26. The van der Waals surface area contributed by atoms with Gasteiger partial charge in [-0.05, 0) is 57.6 Å². The van der Waals surface area contributed by atoms with Gasteiger partial charge in [0.15, 0.2) is 0 Å². The molecule has 0 bridgehead atoms. The molecule has 1 aromatic carbocycles. The molecule has 1 aliphatic heterocycles. The maximum absolute atomic E-state index is 11.0. The van der Waals surface area contributed by atoms with Crippen LogP contribution in [0.4, 0.5) is 5.69 Å². The molecule has 0 aromatic heterocycles. The largest absolute Gasteiger partial charge is 0.312 e. The number of hydrogen-bond donors (Lipinski definition) is 1. The van der Waals surface area contributed by atoms with Gasteiger partial charge < -0.3 is 10.2 Å². The monoisotopic (exact) mass is 341 g/mol. The lowest BCUT2D eigenvalue weighted by Gasteiger charge is -2.14. The Bertz CT molecular complexity index is 462. The predicted molar refractivity (Wildman–Crippen MR) is 82.8 cm³/mol. The lowest BCUT2D eigenvalue weighted by molar-refractivity contribution is -0.385. The Labute approximate surface area is 127 Å². The van der Waals surface area contributed by atoms with Crippen molar-refractivity contribution in [3.63, 3.8) is 0 Å². The van der Waals surface area contributed by atoms with Gasteiger partial charge in [-0.1, -0.05) is 15.9 Å². The van der Waals surface area contributed by atoms with E-state index in [1.165, 1.54) is 25.9 Å². The third-order valence-corrected chi connectivity index (χ3v) is 4.08. The van der Waals surface area contributed by atoms with E-state index in [9.17, 15) is 10.1 Å². The fourth-order valence-corrected chi connectivity index (χ4v) is 2.86. The second-order valence-corrected chi connectivity index (χ2v) is 6.02. The molecule has 1 N–H and O–H groups in total. The van der Waals surface area contributed by atoms with Gasteiger partial charge in [-0.3, -0.25) is 10.1 Å². The highest BCUT2D eigenvalue weighted by molar-refractivity contribution is 9.10. The molecule has 0 saturated carbocycles. The Morgan fingerprint density at radius 2 is 2.10 bits per heavy atom. The molecule has 110 valence electrons. The molecule has 1 heterocycles. The summed E-state index contributed by atoms with van der Waals surface area (Å²) < 4.78 is 0.738. The smallest absolute Gasteiger partial charge is 0.275 e. The van der Waals surface area contributed by atoms with Crippen LogP contribution in [0.25, 0.3) is 0 Å². The molecular formula is C14H20BrN3O2. The minimum Gasteiger partial charge on any atom is -0.312 e. The molecule has 0 aliphatic carbocycles. The highest BCUT2D eigenvalue weighted by Gasteiger charge is 2.14. The van der Waals surface area contributed by atoms with Gasteiger partial charge in [-0.15, -0.1) is 0 Å². The molecule has 0 amide bonds. The van der Waals surface area contributed by atoms with Gasteiger partial charge >= 0.3 is 0 Å². The number of nitrogens with zero attached hydrogens (tertiary/aromatic N) is 2. The molecule has 0 spiro atoms. The highest BCUT2D eigenvalue weighted by Crippen LogP contribution is 2.23. The minimum atomic E-state index is -0.327. The van der Waals surface area contributed by atoms with Crippen LogP contribution in [0, 0.1) is 10.1 Å². The van der Waals surface area contributed by atoms with Crippen molar-refractivity contribution in [2.75, 3.05) is 26.2 Å². The van der Waals surface area contributed by atoms with Crippen molar-refractivity contribution >= 4 is 21.6 Å². The van der Waals surface area contributed by atoms with Crippen molar-refractivity contribution in [3.8, 4) is 0 Å². The van der Waals surface area contributed by atoms with E-state index in [0.29, 0.717) is 6.54 Å². The summed E-state index contributed by atoms with van der Waals surface area (Å²) in [6, 6.07) is 5.20. The fraction of sp³-hybridized carbons (Fsp3) is 0.571. The van der Waals surface area contributed by atoms with Gasteiger partial charge in [0.05, 0.1) is 4.92 Å². The van der Waals surface area contributed by atoms with Gasteiger partial charge in [-0.2, -0.15) is 0 Å².